The van der Waals surface area contributed by atoms with E-state index in [1.165, 1.54) is 18.4 Å². The smallest absolute Gasteiger partial charge is 0.251 e. The van der Waals surface area contributed by atoms with E-state index in [2.05, 4.69) is 39.9 Å². The summed E-state index contributed by atoms with van der Waals surface area (Å²) in [5.74, 6) is 0.960. The zero-order valence-electron chi connectivity index (χ0n) is 16.4. The van der Waals surface area contributed by atoms with Crippen LogP contribution >= 0.6 is 0 Å². The van der Waals surface area contributed by atoms with Crippen molar-refractivity contribution in [3.8, 4) is 0 Å². The number of benzene rings is 1. The van der Waals surface area contributed by atoms with Gasteiger partial charge in [0.1, 0.15) is 5.82 Å². The molecule has 1 aromatic heterocycles. The van der Waals surface area contributed by atoms with Gasteiger partial charge < -0.3 is 24.6 Å². The van der Waals surface area contributed by atoms with Crippen LogP contribution in [0.25, 0.3) is 0 Å². The van der Waals surface area contributed by atoms with Gasteiger partial charge in [-0.2, -0.15) is 0 Å². The van der Waals surface area contributed by atoms with Crippen LogP contribution < -0.4 is 15.4 Å². The topological polar surface area (TPSA) is 68.8 Å². The number of aryl methyl sites for hydroxylation is 1. The second-order valence-electron chi connectivity index (χ2n) is 6.54. The van der Waals surface area contributed by atoms with Crippen LogP contribution in [0, 0.1) is 6.92 Å². The molecule has 0 atom stereocenters. The third-order valence-corrected chi connectivity index (χ3v) is 4.58. The zero-order valence-corrected chi connectivity index (χ0v) is 16.4. The first-order chi connectivity index (χ1) is 13.2. The average molecular weight is 373 g/mol. The van der Waals surface area contributed by atoms with Crippen molar-refractivity contribution < 1.29 is 9.84 Å². The van der Waals surface area contributed by atoms with Gasteiger partial charge in [-0.25, -0.2) is 0 Å². The molecule has 6 nitrogen and oxygen atoms in total. The third-order valence-electron chi connectivity index (χ3n) is 4.58. The predicted octanol–water partition coefficient (Wildman–Crippen LogP) is 2.42. The van der Waals surface area contributed by atoms with E-state index in [9.17, 15) is 4.79 Å². The molecule has 0 bridgehead atoms. The number of ether oxygens (including phenoxy) is 1. The summed E-state index contributed by atoms with van der Waals surface area (Å²) < 4.78 is 5.34. The molecular weight excluding hydrogens is 342 g/mol. The van der Waals surface area contributed by atoms with Crippen molar-refractivity contribution in [2.75, 3.05) is 56.3 Å². The molecule has 2 aliphatic rings. The molecule has 4 rings (SSSR count). The summed E-state index contributed by atoms with van der Waals surface area (Å²) >= 11 is 0. The van der Waals surface area contributed by atoms with Gasteiger partial charge in [-0.3, -0.25) is 4.79 Å². The van der Waals surface area contributed by atoms with Crippen LogP contribution in [0.5, 0.6) is 0 Å². The van der Waals surface area contributed by atoms with E-state index in [0.29, 0.717) is 0 Å². The molecule has 6 heteroatoms. The lowest BCUT2D eigenvalue weighted by Gasteiger charge is -2.29. The number of aromatic nitrogens is 1. The molecule has 2 aromatic rings. The summed E-state index contributed by atoms with van der Waals surface area (Å²) in [5.41, 5.74) is 2.33. The Kier molecular flexibility index (Phi) is 8.87. The number of aliphatic hydroxyl groups excluding tert-OH is 1. The maximum Gasteiger partial charge on any atom is 0.251 e. The predicted molar refractivity (Wildman–Crippen MR) is 111 cm³/mol. The molecule has 148 valence electrons. The number of morpholine rings is 1. The Bertz CT molecular complexity index is 706. The lowest BCUT2D eigenvalue weighted by Crippen LogP contribution is -2.37. The number of aromatic amines is 1. The summed E-state index contributed by atoms with van der Waals surface area (Å²) in [5, 5.41) is 7.00. The van der Waals surface area contributed by atoms with E-state index >= 15 is 0 Å². The van der Waals surface area contributed by atoms with Crippen molar-refractivity contribution in [1.29, 1.82) is 0 Å². The first kappa shape index (κ1) is 21.0. The number of rotatable bonds is 2. The van der Waals surface area contributed by atoms with Gasteiger partial charge >= 0.3 is 0 Å². The van der Waals surface area contributed by atoms with Gasteiger partial charge in [-0.15, -0.1) is 0 Å². The molecule has 2 saturated heterocycles. The summed E-state index contributed by atoms with van der Waals surface area (Å²) in [4.78, 5) is 19.2. The Morgan fingerprint density at radius 3 is 2.11 bits per heavy atom. The zero-order chi connectivity index (χ0) is 19.5. The van der Waals surface area contributed by atoms with Crippen molar-refractivity contribution in [3.63, 3.8) is 0 Å². The molecule has 0 spiro atoms. The van der Waals surface area contributed by atoms with Gasteiger partial charge in [0.15, 0.2) is 0 Å². The number of nitrogens with zero attached hydrogens (tertiary/aromatic N) is 2. The monoisotopic (exact) mass is 373 g/mol. The molecule has 1 aromatic carbocycles. The highest BCUT2D eigenvalue weighted by Gasteiger charge is 2.17. The van der Waals surface area contributed by atoms with Gasteiger partial charge in [0.2, 0.25) is 0 Å². The van der Waals surface area contributed by atoms with Crippen LogP contribution in [-0.4, -0.2) is 56.6 Å². The van der Waals surface area contributed by atoms with Gasteiger partial charge in [0.25, 0.3) is 5.56 Å². The summed E-state index contributed by atoms with van der Waals surface area (Å²) in [6, 6.07) is 14.0. The highest BCUT2D eigenvalue weighted by atomic mass is 16.5. The van der Waals surface area contributed by atoms with E-state index in [1.807, 2.05) is 18.2 Å². The SMILES string of the molecule is CO.Cc1ccccc1.O=c1cc(N2CCOCC2)cc(N2CCCC2)[nH]1. The fraction of sp³-hybridized carbons (Fsp3) is 0.476. The van der Waals surface area contributed by atoms with Crippen LogP contribution in [0.2, 0.25) is 0 Å². The molecule has 0 aliphatic carbocycles. The van der Waals surface area contributed by atoms with E-state index in [4.69, 9.17) is 9.84 Å². The summed E-state index contributed by atoms with van der Waals surface area (Å²) in [7, 11) is 1.00. The minimum Gasteiger partial charge on any atom is -0.400 e. The highest BCUT2D eigenvalue weighted by Crippen LogP contribution is 2.22. The molecule has 0 radical (unpaired) electrons. The standard InChI is InChI=1S/C13H19N3O2.C7H8.CH4O/c17-13-10-11(15-5-7-18-8-6-15)9-12(14-13)16-3-1-2-4-16;1-7-5-3-2-4-6-7;1-2/h9-10H,1-8H2,(H,14,17);2-6H,1H3;2H,1H3. The van der Waals surface area contributed by atoms with E-state index in [-0.39, 0.29) is 5.56 Å². The first-order valence-electron chi connectivity index (χ1n) is 9.51. The number of H-pyrrole nitrogens is 1. The maximum atomic E-state index is 11.8. The Labute approximate surface area is 161 Å². The Balaban J connectivity index is 0.000000244. The minimum atomic E-state index is -0.0131. The van der Waals surface area contributed by atoms with Crippen LogP contribution in [0.1, 0.15) is 18.4 Å². The second-order valence-corrected chi connectivity index (χ2v) is 6.54. The first-order valence-corrected chi connectivity index (χ1v) is 9.51. The molecule has 0 unspecified atom stereocenters. The normalized spacial score (nSPS) is 16.1. The molecular formula is C21H31N3O3. The van der Waals surface area contributed by atoms with Crippen molar-refractivity contribution in [1.82, 2.24) is 4.98 Å². The molecule has 27 heavy (non-hydrogen) atoms. The van der Waals surface area contributed by atoms with E-state index < -0.39 is 0 Å². The average Bonchev–Trinajstić information content (AvgIpc) is 3.26. The van der Waals surface area contributed by atoms with E-state index in [1.54, 1.807) is 6.07 Å². The Morgan fingerprint density at radius 1 is 0.926 bits per heavy atom. The lowest BCUT2D eigenvalue weighted by molar-refractivity contribution is 0.122. The van der Waals surface area contributed by atoms with E-state index in [0.717, 1.165) is 58.0 Å². The maximum absolute atomic E-state index is 11.8. The van der Waals surface area contributed by atoms with Crippen molar-refractivity contribution in [3.05, 3.63) is 58.4 Å². The van der Waals surface area contributed by atoms with Crippen LogP contribution in [0.15, 0.2) is 47.3 Å². The number of nitrogens with one attached hydrogen (secondary N) is 1. The second kappa shape index (κ2) is 11.4. The number of hydrogen-bond acceptors (Lipinski definition) is 5. The molecule has 0 saturated carbocycles. The van der Waals surface area contributed by atoms with Gasteiger partial charge in [0.05, 0.1) is 13.2 Å². The molecule has 2 N–H and O–H groups in total. The summed E-state index contributed by atoms with van der Waals surface area (Å²) in [6.07, 6.45) is 2.42. The molecule has 2 aliphatic heterocycles. The van der Waals surface area contributed by atoms with Gasteiger partial charge in [0, 0.05) is 51.1 Å². The quantitative estimate of drug-likeness (QED) is 0.846. The Morgan fingerprint density at radius 2 is 1.56 bits per heavy atom. The number of pyridine rings is 1. The van der Waals surface area contributed by atoms with Crippen LogP contribution in [0.3, 0.4) is 0 Å². The number of anilines is 2. The van der Waals surface area contributed by atoms with Crippen LogP contribution in [0.4, 0.5) is 11.5 Å². The van der Waals surface area contributed by atoms with Crippen molar-refractivity contribution >= 4 is 11.5 Å². The van der Waals surface area contributed by atoms with Gasteiger partial charge in [-0.1, -0.05) is 35.9 Å². The summed E-state index contributed by atoms with van der Waals surface area (Å²) in [6.45, 7) is 7.38. The molecule has 3 heterocycles. The van der Waals surface area contributed by atoms with Crippen molar-refractivity contribution in [2.45, 2.75) is 19.8 Å². The van der Waals surface area contributed by atoms with Crippen LogP contribution in [-0.2, 0) is 4.74 Å². The lowest BCUT2D eigenvalue weighted by atomic mass is 10.2. The number of hydrogen-bond donors (Lipinski definition) is 2. The third kappa shape index (κ3) is 6.73. The molecule has 0 amide bonds. The number of aliphatic hydroxyl groups is 1. The fourth-order valence-corrected chi connectivity index (χ4v) is 3.18. The van der Waals surface area contributed by atoms with Crippen molar-refractivity contribution in [2.24, 2.45) is 0 Å². The van der Waals surface area contributed by atoms with Gasteiger partial charge in [-0.05, 0) is 19.8 Å². The largest absolute Gasteiger partial charge is 0.400 e. The Hall–Kier alpha value is -2.31. The molecule has 2 fully saturated rings. The fourth-order valence-electron chi connectivity index (χ4n) is 3.18. The highest BCUT2D eigenvalue weighted by molar-refractivity contribution is 5.55. The minimum absolute atomic E-state index is 0.0131.